The first kappa shape index (κ1) is 31.9. The molecule has 0 spiro atoms. The molecule has 1 aromatic heterocycles. The fourth-order valence-corrected chi connectivity index (χ4v) is 5.87. The van der Waals surface area contributed by atoms with Crippen LogP contribution >= 0.6 is 11.6 Å². The molecule has 1 fully saturated rings. The van der Waals surface area contributed by atoms with E-state index in [2.05, 4.69) is 26.2 Å². The number of anilines is 2. The van der Waals surface area contributed by atoms with Gasteiger partial charge in [-0.15, -0.1) is 0 Å². The fraction of sp³-hybridized carbons (Fsp3) is 0.500. The fourth-order valence-electron chi connectivity index (χ4n) is 5.69. The van der Waals surface area contributed by atoms with Crippen molar-refractivity contribution in [3.8, 4) is 11.5 Å². The average Bonchev–Trinajstić information content (AvgIpc) is 2.97. The lowest BCUT2D eigenvalue weighted by Gasteiger charge is -2.36. The summed E-state index contributed by atoms with van der Waals surface area (Å²) in [7, 11) is 0. The molecule has 1 amide bonds. The topological polar surface area (TPSA) is 83.1 Å². The van der Waals surface area contributed by atoms with Crippen molar-refractivity contribution in [3.05, 3.63) is 71.1 Å². The van der Waals surface area contributed by atoms with Gasteiger partial charge in [-0.05, 0) is 83.8 Å². The number of carbonyl (C=O) groups excluding carboxylic acids is 1. The van der Waals surface area contributed by atoms with Gasteiger partial charge in [-0.2, -0.15) is 0 Å². The zero-order valence-corrected chi connectivity index (χ0v) is 27.1. The zero-order valence-electron chi connectivity index (χ0n) is 26.4. The van der Waals surface area contributed by atoms with Crippen LogP contribution in [0.1, 0.15) is 63.9 Å². The summed E-state index contributed by atoms with van der Waals surface area (Å²) >= 11 is 6.12. The van der Waals surface area contributed by atoms with Gasteiger partial charge in [-0.1, -0.05) is 30.2 Å². The highest BCUT2D eigenvalue weighted by atomic mass is 35.5. The van der Waals surface area contributed by atoms with E-state index >= 15 is 0 Å². The number of ether oxygens (including phenoxy) is 2. The molecule has 0 aliphatic carbocycles. The minimum Gasteiger partial charge on any atom is -0.457 e. The number of amides is 1. The second kappa shape index (κ2) is 14.5. The number of hydrogen-bond acceptors (Lipinski definition) is 8. The highest BCUT2D eigenvalue weighted by molar-refractivity contribution is 6.30. The van der Waals surface area contributed by atoms with Crippen LogP contribution in [-0.2, 0) is 4.74 Å². The van der Waals surface area contributed by atoms with Gasteiger partial charge in [0.2, 0.25) is 0 Å². The third kappa shape index (κ3) is 8.99. The Hall–Kier alpha value is -3.56. The second-order valence-corrected chi connectivity index (χ2v) is 13.1. The molecule has 44 heavy (non-hydrogen) atoms. The number of hydrogen-bond donors (Lipinski definition) is 1. The molecule has 9 nitrogen and oxygen atoms in total. The van der Waals surface area contributed by atoms with Crippen LogP contribution in [0.2, 0.25) is 5.02 Å². The van der Waals surface area contributed by atoms with Crippen molar-refractivity contribution < 1.29 is 14.3 Å². The third-order valence-corrected chi connectivity index (χ3v) is 8.15. The molecule has 1 N–H and O–H groups in total. The zero-order chi connectivity index (χ0) is 31.1. The number of piperazine rings is 1. The van der Waals surface area contributed by atoms with Crippen molar-refractivity contribution in [1.82, 2.24) is 19.8 Å². The van der Waals surface area contributed by atoms with Crippen molar-refractivity contribution in [2.24, 2.45) is 0 Å². The minimum atomic E-state index is -0.453. The Bertz CT molecular complexity index is 1410. The van der Waals surface area contributed by atoms with Gasteiger partial charge in [-0.3, -0.25) is 4.90 Å². The molecule has 3 heterocycles. The Morgan fingerprint density at radius 2 is 1.70 bits per heavy atom. The summed E-state index contributed by atoms with van der Waals surface area (Å²) in [5, 5.41) is 4.34. The molecule has 2 aromatic carbocycles. The van der Waals surface area contributed by atoms with E-state index in [1.807, 2.05) is 81.3 Å². The lowest BCUT2D eigenvalue weighted by atomic mass is 10.00. The summed E-state index contributed by atoms with van der Waals surface area (Å²) in [6.07, 6.45) is 6.15. The lowest BCUT2D eigenvalue weighted by Crippen LogP contribution is -2.50. The van der Waals surface area contributed by atoms with Crippen LogP contribution in [0.25, 0.3) is 0 Å². The molecule has 0 bridgehead atoms. The summed E-state index contributed by atoms with van der Waals surface area (Å²) < 4.78 is 11.6. The summed E-state index contributed by atoms with van der Waals surface area (Å²) in [5.74, 6) is 3.28. The molecule has 1 saturated heterocycles. The van der Waals surface area contributed by atoms with Crippen LogP contribution < -0.4 is 15.0 Å². The average molecular weight is 621 g/mol. The largest absolute Gasteiger partial charge is 0.457 e. The molecule has 2 aliphatic heterocycles. The molecule has 1 atom stereocenters. The number of aromatic nitrogens is 2. The number of rotatable bonds is 10. The number of halogens is 1. The van der Waals surface area contributed by atoms with Crippen LogP contribution in [0.5, 0.6) is 11.5 Å². The first-order chi connectivity index (χ1) is 21.1. The van der Waals surface area contributed by atoms with E-state index in [1.54, 1.807) is 0 Å². The highest BCUT2D eigenvalue weighted by Gasteiger charge is 2.28. The number of fused-ring (bicyclic) bond motifs is 1. The Morgan fingerprint density at radius 1 is 0.977 bits per heavy atom. The van der Waals surface area contributed by atoms with Gasteiger partial charge < -0.3 is 24.6 Å². The second-order valence-electron chi connectivity index (χ2n) is 12.6. The number of aryl methyl sites for hydroxylation is 1. The van der Waals surface area contributed by atoms with E-state index in [4.69, 9.17) is 26.1 Å². The van der Waals surface area contributed by atoms with E-state index in [9.17, 15) is 4.79 Å². The van der Waals surface area contributed by atoms with Crippen LogP contribution in [0.15, 0.2) is 54.7 Å². The molecule has 5 rings (SSSR count). The quantitative estimate of drug-likeness (QED) is 0.236. The predicted molar refractivity (Wildman–Crippen MR) is 176 cm³/mol. The Morgan fingerprint density at radius 3 is 2.45 bits per heavy atom. The van der Waals surface area contributed by atoms with Crippen LogP contribution in [0, 0.1) is 6.92 Å². The molecule has 3 aromatic rings. The maximum absolute atomic E-state index is 12.3. The molecule has 0 radical (unpaired) electrons. The maximum Gasteiger partial charge on any atom is 0.410 e. The smallest absolute Gasteiger partial charge is 0.410 e. The van der Waals surface area contributed by atoms with E-state index in [0.29, 0.717) is 10.8 Å². The van der Waals surface area contributed by atoms with Gasteiger partial charge in [0.15, 0.2) is 0 Å². The standard InChI is InChI=1S/C34H45ClN6O3/c1-25-36-24-30-31(38-27-11-9-13-29(23-27)43-28-12-8-10-26(35)22-28)14-17-40(32(30)37-25)16-7-5-6-15-39-18-20-41(21-19-39)33(42)44-34(2,3)4/h8-13,22-24,31,38H,5-7,14-21H2,1-4H3. The maximum atomic E-state index is 12.3. The summed E-state index contributed by atoms with van der Waals surface area (Å²) in [6, 6.07) is 15.5. The van der Waals surface area contributed by atoms with Crippen LogP contribution in [0.3, 0.4) is 0 Å². The van der Waals surface area contributed by atoms with Crippen molar-refractivity contribution in [2.45, 2.75) is 65.0 Å². The van der Waals surface area contributed by atoms with Gasteiger partial charge in [-0.25, -0.2) is 14.8 Å². The van der Waals surface area contributed by atoms with Gasteiger partial charge in [0.25, 0.3) is 0 Å². The first-order valence-electron chi connectivity index (χ1n) is 15.7. The summed E-state index contributed by atoms with van der Waals surface area (Å²) in [4.78, 5) is 28.4. The number of nitrogens with zero attached hydrogens (tertiary/aromatic N) is 5. The van der Waals surface area contributed by atoms with Gasteiger partial charge in [0.1, 0.15) is 28.7 Å². The minimum absolute atomic E-state index is 0.114. The monoisotopic (exact) mass is 620 g/mol. The first-order valence-corrected chi connectivity index (χ1v) is 16.1. The van der Waals surface area contributed by atoms with Crippen molar-refractivity contribution in [1.29, 1.82) is 0 Å². The number of carbonyl (C=O) groups is 1. The molecular formula is C34H45ClN6O3. The normalized spacial score (nSPS) is 17.2. The summed E-state index contributed by atoms with van der Waals surface area (Å²) in [6.45, 7) is 13.9. The number of nitrogens with one attached hydrogen (secondary N) is 1. The Labute approximate surface area is 266 Å². The number of unbranched alkanes of at least 4 members (excludes halogenated alkanes) is 2. The molecule has 2 aliphatic rings. The molecule has 1 unspecified atom stereocenters. The Balaban J connectivity index is 1.09. The lowest BCUT2D eigenvalue weighted by molar-refractivity contribution is 0.0144. The Kier molecular flexibility index (Phi) is 10.5. The van der Waals surface area contributed by atoms with Gasteiger partial charge >= 0.3 is 6.09 Å². The molecule has 236 valence electrons. The number of benzene rings is 2. The molecular weight excluding hydrogens is 576 g/mol. The third-order valence-electron chi connectivity index (χ3n) is 7.91. The van der Waals surface area contributed by atoms with Gasteiger partial charge in [0.05, 0.1) is 6.04 Å². The van der Waals surface area contributed by atoms with Crippen molar-refractivity contribution in [3.63, 3.8) is 0 Å². The van der Waals surface area contributed by atoms with Gasteiger partial charge in [0, 0.05) is 67.8 Å². The highest BCUT2D eigenvalue weighted by Crippen LogP contribution is 2.35. The van der Waals surface area contributed by atoms with Crippen LogP contribution in [0.4, 0.5) is 16.3 Å². The van der Waals surface area contributed by atoms with Crippen molar-refractivity contribution >= 4 is 29.2 Å². The van der Waals surface area contributed by atoms with Crippen LogP contribution in [-0.4, -0.2) is 77.3 Å². The SMILES string of the molecule is Cc1ncc2c(n1)N(CCCCCN1CCN(C(=O)OC(C)(C)C)CC1)CCC2Nc1cccc(Oc2cccc(Cl)c2)c1. The van der Waals surface area contributed by atoms with E-state index in [-0.39, 0.29) is 12.1 Å². The van der Waals surface area contributed by atoms with Crippen molar-refractivity contribution in [2.75, 3.05) is 56.0 Å². The summed E-state index contributed by atoms with van der Waals surface area (Å²) in [5.41, 5.74) is 1.66. The van der Waals surface area contributed by atoms with E-state index in [0.717, 1.165) is 100 Å². The predicted octanol–water partition coefficient (Wildman–Crippen LogP) is 7.32. The van der Waals surface area contributed by atoms with E-state index in [1.165, 1.54) is 0 Å². The van der Waals surface area contributed by atoms with E-state index < -0.39 is 5.60 Å². The molecule has 0 saturated carbocycles. The molecule has 10 heteroatoms.